The first-order valence-electron chi connectivity index (χ1n) is 7.36. The van der Waals surface area contributed by atoms with Crippen LogP contribution in [-0.4, -0.2) is 9.97 Å². The molecule has 0 aromatic carbocycles. The van der Waals surface area contributed by atoms with Gasteiger partial charge in [0.25, 0.3) is 5.56 Å². The Morgan fingerprint density at radius 3 is 2.16 bits per heavy atom. The van der Waals surface area contributed by atoms with Gasteiger partial charge in [-0.25, -0.2) is 4.98 Å². The molecule has 0 spiro atoms. The number of aryl methyl sites for hydroxylation is 1. The number of hydrogen-bond acceptors (Lipinski definition) is 2. The van der Waals surface area contributed by atoms with Crippen LogP contribution in [0.4, 0.5) is 0 Å². The van der Waals surface area contributed by atoms with Crippen molar-refractivity contribution in [3.63, 3.8) is 0 Å². The summed E-state index contributed by atoms with van der Waals surface area (Å²) in [6.07, 6.45) is 4.77. The highest BCUT2D eigenvalue weighted by atomic mass is 16.1. The number of H-pyrrole nitrogens is 1. The zero-order valence-corrected chi connectivity index (χ0v) is 12.8. The number of aromatic nitrogens is 2. The number of nitrogens with one attached hydrogen (secondary N) is 1. The zero-order chi connectivity index (χ0) is 14.2. The van der Waals surface area contributed by atoms with E-state index in [-0.39, 0.29) is 5.56 Å². The van der Waals surface area contributed by atoms with Gasteiger partial charge < -0.3 is 4.98 Å². The van der Waals surface area contributed by atoms with E-state index >= 15 is 0 Å². The number of rotatable bonds is 1. The summed E-state index contributed by atoms with van der Waals surface area (Å²) in [5, 5.41) is 0. The first kappa shape index (κ1) is 14.3. The normalized spacial score (nSPS) is 24.5. The Morgan fingerprint density at radius 2 is 1.68 bits per heavy atom. The van der Waals surface area contributed by atoms with E-state index in [1.165, 1.54) is 12.8 Å². The Bertz CT molecular complexity index is 502. The van der Waals surface area contributed by atoms with E-state index in [4.69, 9.17) is 0 Å². The molecule has 0 unspecified atom stereocenters. The van der Waals surface area contributed by atoms with Crippen LogP contribution in [0.25, 0.3) is 0 Å². The van der Waals surface area contributed by atoms with Gasteiger partial charge in [0, 0.05) is 17.2 Å². The molecule has 1 heterocycles. The Labute approximate surface area is 115 Å². The molecule has 0 amide bonds. The Morgan fingerprint density at radius 1 is 1.11 bits per heavy atom. The van der Waals surface area contributed by atoms with E-state index in [9.17, 15) is 4.79 Å². The summed E-state index contributed by atoms with van der Waals surface area (Å²) in [5.74, 6) is 2.13. The van der Waals surface area contributed by atoms with Crippen molar-refractivity contribution >= 4 is 0 Å². The lowest BCUT2D eigenvalue weighted by Gasteiger charge is -2.36. The number of aromatic amines is 1. The summed E-state index contributed by atoms with van der Waals surface area (Å²) >= 11 is 0. The molecule has 0 radical (unpaired) electrons. The molecule has 1 saturated carbocycles. The van der Waals surface area contributed by atoms with Crippen LogP contribution >= 0.6 is 0 Å². The molecular formula is C16H26N2O. The molecule has 0 saturated heterocycles. The highest BCUT2D eigenvalue weighted by Crippen LogP contribution is 2.42. The van der Waals surface area contributed by atoms with E-state index in [0.717, 1.165) is 35.8 Å². The van der Waals surface area contributed by atoms with E-state index in [0.29, 0.717) is 11.3 Å². The Kier molecular flexibility index (Phi) is 3.84. The van der Waals surface area contributed by atoms with Gasteiger partial charge in [0.15, 0.2) is 0 Å². The molecule has 3 nitrogen and oxygen atoms in total. The van der Waals surface area contributed by atoms with Crippen LogP contribution in [-0.2, 0) is 0 Å². The van der Waals surface area contributed by atoms with Gasteiger partial charge in [-0.1, -0.05) is 20.8 Å². The summed E-state index contributed by atoms with van der Waals surface area (Å²) in [6.45, 7) is 10.7. The molecule has 1 aliphatic rings. The van der Waals surface area contributed by atoms with Gasteiger partial charge in [0.1, 0.15) is 5.82 Å². The highest BCUT2D eigenvalue weighted by Gasteiger charge is 2.31. The molecule has 1 fully saturated rings. The summed E-state index contributed by atoms with van der Waals surface area (Å²) in [5.41, 5.74) is 2.04. The third kappa shape index (κ3) is 3.07. The molecule has 1 aromatic rings. The first-order chi connectivity index (χ1) is 8.79. The molecule has 0 atom stereocenters. The average molecular weight is 262 g/mol. The monoisotopic (exact) mass is 262 g/mol. The maximum atomic E-state index is 11.8. The number of hydrogen-bond donors (Lipinski definition) is 1. The fraction of sp³-hybridized carbons (Fsp3) is 0.750. The van der Waals surface area contributed by atoms with Crippen LogP contribution in [0, 0.1) is 25.2 Å². The third-order valence-electron chi connectivity index (χ3n) is 4.75. The van der Waals surface area contributed by atoms with Crippen molar-refractivity contribution in [2.24, 2.45) is 11.3 Å². The van der Waals surface area contributed by atoms with Crippen LogP contribution in [0.5, 0.6) is 0 Å². The summed E-state index contributed by atoms with van der Waals surface area (Å²) in [4.78, 5) is 19.4. The standard InChI is InChI=1S/C16H26N2O/c1-10-11(2)17-14(18-15(10)19)12-6-8-13(9-7-12)16(3,4)5/h12-13H,6-9H2,1-5H3,(H,17,18,19). The second kappa shape index (κ2) is 5.10. The predicted molar refractivity (Wildman–Crippen MR) is 78.5 cm³/mol. The van der Waals surface area contributed by atoms with Gasteiger partial charge in [-0.15, -0.1) is 0 Å². The van der Waals surface area contributed by atoms with Crippen molar-refractivity contribution in [1.82, 2.24) is 9.97 Å². The number of nitrogens with zero attached hydrogens (tertiary/aromatic N) is 1. The van der Waals surface area contributed by atoms with Gasteiger partial charge >= 0.3 is 0 Å². The summed E-state index contributed by atoms with van der Waals surface area (Å²) in [7, 11) is 0. The molecule has 19 heavy (non-hydrogen) atoms. The molecule has 2 rings (SSSR count). The second-order valence-electron chi connectivity index (χ2n) is 7.08. The average Bonchev–Trinajstić information content (AvgIpc) is 2.34. The van der Waals surface area contributed by atoms with E-state index < -0.39 is 0 Å². The largest absolute Gasteiger partial charge is 0.310 e. The Hall–Kier alpha value is -1.12. The van der Waals surface area contributed by atoms with Gasteiger partial charge in [0.05, 0.1) is 0 Å². The SMILES string of the molecule is Cc1nc(C2CCC(C(C)(C)C)CC2)[nH]c(=O)c1C. The van der Waals surface area contributed by atoms with Crippen LogP contribution < -0.4 is 5.56 Å². The molecule has 1 aliphatic carbocycles. The summed E-state index contributed by atoms with van der Waals surface area (Å²) < 4.78 is 0. The van der Waals surface area contributed by atoms with Crippen LogP contribution in [0.1, 0.15) is 69.5 Å². The van der Waals surface area contributed by atoms with E-state index in [1.54, 1.807) is 0 Å². The molecule has 106 valence electrons. The predicted octanol–water partition coefficient (Wildman–Crippen LogP) is 3.71. The minimum absolute atomic E-state index is 0.0282. The van der Waals surface area contributed by atoms with Gasteiger partial charge in [0.2, 0.25) is 0 Å². The smallest absolute Gasteiger partial charge is 0.254 e. The quantitative estimate of drug-likeness (QED) is 0.838. The fourth-order valence-corrected chi connectivity index (χ4v) is 3.09. The van der Waals surface area contributed by atoms with E-state index in [2.05, 4.69) is 30.7 Å². The van der Waals surface area contributed by atoms with Gasteiger partial charge in [-0.3, -0.25) is 4.79 Å². The van der Waals surface area contributed by atoms with Crippen molar-refractivity contribution < 1.29 is 0 Å². The maximum Gasteiger partial charge on any atom is 0.254 e. The van der Waals surface area contributed by atoms with Crippen molar-refractivity contribution in [3.05, 3.63) is 27.4 Å². The Balaban J connectivity index is 2.12. The van der Waals surface area contributed by atoms with Gasteiger partial charge in [-0.05, 0) is 50.9 Å². The molecule has 3 heteroatoms. The zero-order valence-electron chi connectivity index (χ0n) is 12.8. The maximum absolute atomic E-state index is 11.8. The minimum atomic E-state index is 0.0282. The molecule has 0 aliphatic heterocycles. The molecule has 1 aromatic heterocycles. The van der Waals surface area contributed by atoms with Crippen molar-refractivity contribution in [1.29, 1.82) is 0 Å². The second-order valence-corrected chi connectivity index (χ2v) is 7.08. The summed E-state index contributed by atoms with van der Waals surface area (Å²) in [6, 6.07) is 0. The molecule has 0 bridgehead atoms. The minimum Gasteiger partial charge on any atom is -0.310 e. The van der Waals surface area contributed by atoms with Crippen molar-refractivity contribution in [2.45, 2.75) is 66.2 Å². The van der Waals surface area contributed by atoms with Crippen LogP contribution in [0.2, 0.25) is 0 Å². The fourth-order valence-electron chi connectivity index (χ4n) is 3.09. The van der Waals surface area contributed by atoms with Crippen LogP contribution in [0.3, 0.4) is 0 Å². The van der Waals surface area contributed by atoms with Crippen molar-refractivity contribution in [2.75, 3.05) is 0 Å². The van der Waals surface area contributed by atoms with E-state index in [1.807, 2.05) is 13.8 Å². The van der Waals surface area contributed by atoms with Gasteiger partial charge in [-0.2, -0.15) is 0 Å². The lowest BCUT2D eigenvalue weighted by atomic mass is 9.69. The van der Waals surface area contributed by atoms with Crippen molar-refractivity contribution in [3.8, 4) is 0 Å². The lowest BCUT2D eigenvalue weighted by molar-refractivity contribution is 0.167. The molecular weight excluding hydrogens is 236 g/mol. The topological polar surface area (TPSA) is 45.8 Å². The first-order valence-corrected chi connectivity index (χ1v) is 7.36. The highest BCUT2D eigenvalue weighted by molar-refractivity contribution is 5.15. The lowest BCUT2D eigenvalue weighted by Crippen LogP contribution is -2.27. The van der Waals surface area contributed by atoms with Crippen LogP contribution in [0.15, 0.2) is 4.79 Å². The third-order valence-corrected chi connectivity index (χ3v) is 4.75. The molecule has 1 N–H and O–H groups in total.